The first-order chi connectivity index (χ1) is 6.47. The van der Waals surface area contributed by atoms with Crippen LogP contribution in [-0.4, -0.2) is 38.7 Å². The van der Waals surface area contributed by atoms with Crippen LogP contribution in [0.3, 0.4) is 0 Å². The molecule has 1 aliphatic rings. The minimum atomic E-state index is -0.758. The number of hydrogen-bond donors (Lipinski definition) is 0. The van der Waals surface area contributed by atoms with Gasteiger partial charge in [0.2, 0.25) is 0 Å². The molecular formula is C10H18N2OS. The van der Waals surface area contributed by atoms with Crippen molar-refractivity contribution in [2.75, 3.05) is 18.8 Å². The average Bonchev–Trinajstić information content (AvgIpc) is 2.27. The molecule has 0 saturated carbocycles. The zero-order chi connectivity index (χ0) is 10.8. The summed E-state index contributed by atoms with van der Waals surface area (Å²) in [7, 11) is -0.758. The van der Waals surface area contributed by atoms with Crippen molar-refractivity contribution in [3.63, 3.8) is 0 Å². The van der Waals surface area contributed by atoms with Gasteiger partial charge in [-0.1, -0.05) is 0 Å². The van der Waals surface area contributed by atoms with E-state index in [-0.39, 0.29) is 10.8 Å². The summed E-state index contributed by atoms with van der Waals surface area (Å²) in [6.07, 6.45) is 0.908. The Hall–Kier alpha value is -0.400. The van der Waals surface area contributed by atoms with E-state index in [2.05, 4.69) is 11.0 Å². The molecular weight excluding hydrogens is 196 g/mol. The molecule has 1 fully saturated rings. The number of nitrogens with zero attached hydrogens (tertiary/aromatic N) is 2. The monoisotopic (exact) mass is 214 g/mol. The molecule has 14 heavy (non-hydrogen) atoms. The number of hydrogen-bond acceptors (Lipinski definition) is 3. The number of rotatable bonds is 1. The fourth-order valence-corrected chi connectivity index (χ4v) is 2.86. The second kappa shape index (κ2) is 4.41. The Kier molecular flexibility index (Phi) is 3.68. The van der Waals surface area contributed by atoms with Gasteiger partial charge in [-0.05, 0) is 27.2 Å². The highest BCUT2D eigenvalue weighted by molar-refractivity contribution is 7.86. The van der Waals surface area contributed by atoms with Crippen LogP contribution in [-0.2, 0) is 10.8 Å². The second-order valence-electron chi connectivity index (χ2n) is 4.40. The van der Waals surface area contributed by atoms with Gasteiger partial charge in [-0.2, -0.15) is 5.26 Å². The molecule has 80 valence electrons. The second-order valence-corrected chi connectivity index (χ2v) is 6.60. The van der Waals surface area contributed by atoms with E-state index < -0.39 is 10.8 Å². The van der Waals surface area contributed by atoms with Crippen molar-refractivity contribution in [3.05, 3.63) is 0 Å². The van der Waals surface area contributed by atoms with Crippen molar-refractivity contribution in [2.24, 2.45) is 0 Å². The summed E-state index contributed by atoms with van der Waals surface area (Å²) in [5.41, 5.74) is 0. The summed E-state index contributed by atoms with van der Waals surface area (Å²) < 4.78 is 11.7. The van der Waals surface area contributed by atoms with Crippen LogP contribution in [0.5, 0.6) is 0 Å². The fraction of sp³-hybridized carbons (Fsp3) is 0.900. The van der Waals surface area contributed by atoms with Crippen molar-refractivity contribution in [1.82, 2.24) is 4.90 Å². The molecule has 0 bridgehead atoms. The van der Waals surface area contributed by atoms with Crippen molar-refractivity contribution >= 4 is 10.8 Å². The summed E-state index contributed by atoms with van der Waals surface area (Å²) in [6, 6.07) is 2.18. The summed E-state index contributed by atoms with van der Waals surface area (Å²) in [5.74, 6) is 0.693. The van der Waals surface area contributed by atoms with E-state index in [9.17, 15) is 4.21 Å². The van der Waals surface area contributed by atoms with Gasteiger partial charge in [-0.3, -0.25) is 9.11 Å². The van der Waals surface area contributed by atoms with Gasteiger partial charge in [0, 0.05) is 34.4 Å². The molecule has 1 saturated heterocycles. The predicted molar refractivity (Wildman–Crippen MR) is 58.4 cm³/mol. The van der Waals surface area contributed by atoms with E-state index in [1.165, 1.54) is 0 Å². The Labute approximate surface area is 88.5 Å². The smallest absolute Gasteiger partial charge is 0.0949 e. The molecule has 3 nitrogen and oxygen atoms in total. The molecule has 2 atom stereocenters. The Morgan fingerprint density at radius 3 is 2.71 bits per heavy atom. The molecule has 0 aromatic rings. The van der Waals surface area contributed by atoms with Crippen LogP contribution in [0.25, 0.3) is 0 Å². The molecule has 0 spiro atoms. The van der Waals surface area contributed by atoms with E-state index in [1.807, 2.05) is 20.8 Å². The van der Waals surface area contributed by atoms with Gasteiger partial charge in [0.15, 0.2) is 0 Å². The Morgan fingerprint density at radius 1 is 1.50 bits per heavy atom. The van der Waals surface area contributed by atoms with Gasteiger partial charge < -0.3 is 0 Å². The normalized spacial score (nSPS) is 30.3. The van der Waals surface area contributed by atoms with Gasteiger partial charge in [-0.15, -0.1) is 0 Å². The van der Waals surface area contributed by atoms with E-state index in [0.717, 1.165) is 19.5 Å². The van der Waals surface area contributed by atoms with Crippen LogP contribution >= 0.6 is 0 Å². The highest BCUT2D eigenvalue weighted by atomic mass is 32.2. The third-order valence-corrected chi connectivity index (χ3v) is 4.91. The maximum atomic E-state index is 11.8. The van der Waals surface area contributed by atoms with E-state index in [4.69, 9.17) is 5.26 Å². The third kappa shape index (κ3) is 2.55. The minimum Gasteiger partial charge on any atom is -0.287 e. The molecule has 0 amide bonds. The van der Waals surface area contributed by atoms with E-state index in [0.29, 0.717) is 5.75 Å². The van der Waals surface area contributed by atoms with Gasteiger partial charge >= 0.3 is 0 Å². The van der Waals surface area contributed by atoms with Crippen LogP contribution in [0.1, 0.15) is 27.2 Å². The molecule has 0 aromatic carbocycles. The SMILES string of the molecule is CC(C#N)N1CCS(=O)C(C)(C)CC1. The largest absolute Gasteiger partial charge is 0.287 e. The zero-order valence-corrected chi connectivity index (χ0v) is 9.93. The van der Waals surface area contributed by atoms with Crippen molar-refractivity contribution in [3.8, 4) is 6.07 Å². The maximum absolute atomic E-state index is 11.8. The van der Waals surface area contributed by atoms with E-state index in [1.54, 1.807) is 0 Å². The van der Waals surface area contributed by atoms with Crippen molar-refractivity contribution < 1.29 is 4.21 Å². The molecule has 0 aliphatic carbocycles. The standard InChI is InChI=1S/C10H18N2OS/c1-9(8-11)12-5-4-10(2,3)14(13)7-6-12/h9H,4-7H2,1-3H3. The lowest BCUT2D eigenvalue weighted by Crippen LogP contribution is -2.34. The lowest BCUT2D eigenvalue weighted by atomic mass is 10.1. The molecule has 0 radical (unpaired) electrons. The highest BCUT2D eigenvalue weighted by Crippen LogP contribution is 2.22. The quantitative estimate of drug-likeness (QED) is 0.657. The van der Waals surface area contributed by atoms with Crippen molar-refractivity contribution in [2.45, 2.75) is 38.0 Å². The molecule has 1 heterocycles. The molecule has 4 heteroatoms. The van der Waals surface area contributed by atoms with Crippen LogP contribution in [0.2, 0.25) is 0 Å². The Morgan fingerprint density at radius 2 is 2.14 bits per heavy atom. The van der Waals surface area contributed by atoms with Crippen molar-refractivity contribution in [1.29, 1.82) is 5.26 Å². The Bertz CT molecular complexity index is 270. The fourth-order valence-electron chi connectivity index (χ4n) is 1.58. The lowest BCUT2D eigenvalue weighted by Gasteiger charge is -2.23. The Balaban J connectivity index is 2.66. The third-order valence-electron chi connectivity index (χ3n) is 2.92. The highest BCUT2D eigenvalue weighted by Gasteiger charge is 2.30. The first-order valence-corrected chi connectivity index (χ1v) is 6.31. The zero-order valence-electron chi connectivity index (χ0n) is 9.12. The van der Waals surface area contributed by atoms with Crippen LogP contribution in [0.4, 0.5) is 0 Å². The molecule has 1 rings (SSSR count). The molecule has 0 aromatic heterocycles. The first-order valence-electron chi connectivity index (χ1n) is 4.99. The number of nitriles is 1. The molecule has 0 N–H and O–H groups in total. The molecule has 1 aliphatic heterocycles. The van der Waals surface area contributed by atoms with E-state index >= 15 is 0 Å². The first kappa shape index (κ1) is 11.7. The minimum absolute atomic E-state index is 0.0547. The maximum Gasteiger partial charge on any atom is 0.0949 e. The molecule has 2 unspecified atom stereocenters. The van der Waals surface area contributed by atoms with Crippen LogP contribution < -0.4 is 0 Å². The lowest BCUT2D eigenvalue weighted by molar-refractivity contribution is 0.256. The van der Waals surface area contributed by atoms with Gasteiger partial charge in [0.1, 0.15) is 0 Å². The average molecular weight is 214 g/mol. The summed E-state index contributed by atoms with van der Waals surface area (Å²) >= 11 is 0. The summed E-state index contributed by atoms with van der Waals surface area (Å²) in [6.45, 7) is 7.66. The summed E-state index contributed by atoms with van der Waals surface area (Å²) in [5, 5.41) is 8.81. The predicted octanol–water partition coefficient (Wildman–Crippen LogP) is 1.13. The van der Waals surface area contributed by atoms with Crippen LogP contribution in [0, 0.1) is 11.3 Å². The summed E-state index contributed by atoms with van der Waals surface area (Å²) in [4.78, 5) is 2.12. The van der Waals surface area contributed by atoms with Gasteiger partial charge in [0.05, 0.1) is 12.1 Å². The van der Waals surface area contributed by atoms with Gasteiger partial charge in [-0.25, -0.2) is 0 Å². The van der Waals surface area contributed by atoms with Crippen LogP contribution in [0.15, 0.2) is 0 Å². The topological polar surface area (TPSA) is 44.1 Å². The van der Waals surface area contributed by atoms with Gasteiger partial charge in [0.25, 0.3) is 0 Å².